The lowest BCUT2D eigenvalue weighted by Crippen LogP contribution is -2.43. The highest BCUT2D eigenvalue weighted by Crippen LogP contribution is 2.21. The molecule has 1 amide bonds. The molecule has 1 fully saturated rings. The second-order valence-electron chi connectivity index (χ2n) is 4.23. The molecular formula is C11H17NO4S. The van der Waals surface area contributed by atoms with Crippen LogP contribution in [-0.2, 0) is 14.4 Å². The van der Waals surface area contributed by atoms with E-state index in [-0.39, 0.29) is 16.9 Å². The third-order valence-electron chi connectivity index (χ3n) is 2.78. The third kappa shape index (κ3) is 3.73. The van der Waals surface area contributed by atoms with Crippen molar-refractivity contribution in [3.05, 3.63) is 0 Å². The van der Waals surface area contributed by atoms with Crippen molar-refractivity contribution in [1.29, 1.82) is 0 Å². The molecule has 0 radical (unpaired) electrons. The number of carboxylic acid groups (broad SMARTS) is 1. The molecule has 96 valence electrons. The summed E-state index contributed by atoms with van der Waals surface area (Å²) in [5.74, 6) is -1.01. The molecule has 0 bridgehead atoms. The number of nitrogens with zero attached hydrogens (tertiary/aromatic N) is 1. The molecule has 17 heavy (non-hydrogen) atoms. The van der Waals surface area contributed by atoms with Crippen molar-refractivity contribution < 1.29 is 19.5 Å². The Morgan fingerprint density at radius 2 is 2.12 bits per heavy atom. The molecule has 1 aliphatic rings. The monoisotopic (exact) mass is 259 g/mol. The van der Waals surface area contributed by atoms with Crippen molar-refractivity contribution in [3.8, 4) is 0 Å². The zero-order valence-electron chi connectivity index (χ0n) is 10.0. The predicted octanol–water partition coefficient (Wildman–Crippen LogP) is 0.978. The number of aliphatic carboxylic acids is 1. The highest BCUT2D eigenvalue weighted by Gasteiger charge is 2.35. The van der Waals surface area contributed by atoms with Crippen LogP contribution in [0, 0.1) is 5.92 Å². The molecule has 0 aromatic carbocycles. The molecule has 1 aliphatic heterocycles. The maximum absolute atomic E-state index is 12.0. The molecule has 0 unspecified atom stereocenters. The first-order valence-corrected chi connectivity index (χ1v) is 6.58. The van der Waals surface area contributed by atoms with Crippen LogP contribution in [0.15, 0.2) is 0 Å². The van der Waals surface area contributed by atoms with E-state index in [4.69, 9.17) is 5.11 Å². The molecule has 0 aromatic rings. The summed E-state index contributed by atoms with van der Waals surface area (Å²) in [5, 5.41) is 8.95. The van der Waals surface area contributed by atoms with Crippen LogP contribution in [0.5, 0.6) is 0 Å². The number of hydrogen-bond donors (Lipinski definition) is 1. The Hall–Kier alpha value is -1.04. The average molecular weight is 259 g/mol. The minimum absolute atomic E-state index is 0.0270. The first-order chi connectivity index (χ1) is 7.93. The van der Waals surface area contributed by atoms with Crippen molar-refractivity contribution in [1.82, 2.24) is 4.90 Å². The number of carboxylic acids is 1. The van der Waals surface area contributed by atoms with E-state index in [0.717, 1.165) is 18.2 Å². The van der Waals surface area contributed by atoms with Crippen LogP contribution in [0.25, 0.3) is 0 Å². The van der Waals surface area contributed by atoms with Crippen LogP contribution >= 0.6 is 11.8 Å². The van der Waals surface area contributed by atoms with Crippen molar-refractivity contribution in [2.45, 2.75) is 32.7 Å². The first-order valence-electron chi connectivity index (χ1n) is 5.60. The fourth-order valence-corrected chi connectivity index (χ4v) is 2.51. The largest absolute Gasteiger partial charge is 0.480 e. The summed E-state index contributed by atoms with van der Waals surface area (Å²) in [6.07, 6.45) is 1.25. The van der Waals surface area contributed by atoms with Crippen LogP contribution in [0.3, 0.4) is 0 Å². The number of rotatable bonds is 4. The highest BCUT2D eigenvalue weighted by atomic mass is 32.2. The fraction of sp³-hybridized carbons (Fsp3) is 0.727. The second-order valence-corrected chi connectivity index (χ2v) is 5.43. The Balaban J connectivity index is 2.56. The van der Waals surface area contributed by atoms with Gasteiger partial charge in [0.2, 0.25) is 5.91 Å². The van der Waals surface area contributed by atoms with Gasteiger partial charge in [-0.1, -0.05) is 18.7 Å². The number of amides is 1. The van der Waals surface area contributed by atoms with Gasteiger partial charge in [0.05, 0.1) is 0 Å². The van der Waals surface area contributed by atoms with Crippen molar-refractivity contribution in [2.75, 3.05) is 12.3 Å². The Morgan fingerprint density at radius 1 is 1.47 bits per heavy atom. The maximum Gasteiger partial charge on any atom is 0.326 e. The van der Waals surface area contributed by atoms with Crippen LogP contribution in [0.4, 0.5) is 0 Å². The molecule has 2 atom stereocenters. The van der Waals surface area contributed by atoms with Crippen LogP contribution in [0.1, 0.15) is 26.7 Å². The van der Waals surface area contributed by atoms with Gasteiger partial charge in [0.15, 0.2) is 5.12 Å². The Bertz CT molecular complexity index is 331. The number of likely N-dealkylation sites (tertiary alicyclic amines) is 1. The van der Waals surface area contributed by atoms with Crippen LogP contribution in [-0.4, -0.2) is 45.3 Å². The van der Waals surface area contributed by atoms with Gasteiger partial charge < -0.3 is 10.0 Å². The van der Waals surface area contributed by atoms with Crippen molar-refractivity contribution in [3.63, 3.8) is 0 Å². The van der Waals surface area contributed by atoms with Gasteiger partial charge in [0.1, 0.15) is 6.04 Å². The maximum atomic E-state index is 12.0. The van der Waals surface area contributed by atoms with E-state index in [0.29, 0.717) is 18.7 Å². The van der Waals surface area contributed by atoms with Gasteiger partial charge in [-0.25, -0.2) is 4.79 Å². The van der Waals surface area contributed by atoms with E-state index < -0.39 is 12.0 Å². The smallest absolute Gasteiger partial charge is 0.326 e. The molecule has 1 N–H and O–H groups in total. The number of carbonyl (C=O) groups excluding carboxylic acids is 2. The number of thioether (sulfide) groups is 1. The molecule has 0 spiro atoms. The third-order valence-corrected chi connectivity index (χ3v) is 3.85. The molecule has 1 rings (SSSR count). The van der Waals surface area contributed by atoms with Crippen molar-refractivity contribution in [2.24, 2.45) is 5.92 Å². The zero-order valence-corrected chi connectivity index (χ0v) is 10.8. The van der Waals surface area contributed by atoms with E-state index in [1.54, 1.807) is 6.92 Å². The van der Waals surface area contributed by atoms with Gasteiger partial charge in [-0.2, -0.15) is 0 Å². The highest BCUT2D eigenvalue weighted by molar-refractivity contribution is 8.13. The lowest BCUT2D eigenvalue weighted by molar-refractivity contribution is -0.149. The Morgan fingerprint density at radius 3 is 2.65 bits per heavy atom. The standard InChI is InChI=1S/C11H17NO4S/c1-7(6-17-8(2)13)10(14)12-5-3-4-9(12)11(15)16/h7,9H,3-6H2,1-2H3,(H,15,16)/t7-,9+/m0/s1. The minimum Gasteiger partial charge on any atom is -0.480 e. The van der Waals surface area contributed by atoms with Gasteiger partial charge >= 0.3 is 5.97 Å². The van der Waals surface area contributed by atoms with Crippen LogP contribution in [0.2, 0.25) is 0 Å². The predicted molar refractivity (Wildman–Crippen MR) is 64.7 cm³/mol. The van der Waals surface area contributed by atoms with Crippen LogP contribution < -0.4 is 0 Å². The topological polar surface area (TPSA) is 74.7 Å². The van der Waals surface area contributed by atoms with Gasteiger partial charge in [0.25, 0.3) is 0 Å². The quantitative estimate of drug-likeness (QED) is 0.814. The molecule has 0 aromatic heterocycles. The van der Waals surface area contributed by atoms with Crippen molar-refractivity contribution >= 4 is 28.8 Å². The molecule has 0 saturated carbocycles. The number of carbonyl (C=O) groups is 3. The zero-order chi connectivity index (χ0) is 13.0. The van der Waals surface area contributed by atoms with E-state index in [9.17, 15) is 14.4 Å². The molecule has 1 heterocycles. The van der Waals surface area contributed by atoms with E-state index >= 15 is 0 Å². The first kappa shape index (κ1) is 14.0. The molecule has 5 nitrogen and oxygen atoms in total. The summed E-state index contributed by atoms with van der Waals surface area (Å²) in [6, 6.07) is -0.688. The lowest BCUT2D eigenvalue weighted by atomic mass is 10.1. The molecule has 1 saturated heterocycles. The van der Waals surface area contributed by atoms with E-state index in [1.807, 2.05) is 0 Å². The summed E-state index contributed by atoms with van der Waals surface area (Å²) in [5.41, 5.74) is 0. The fourth-order valence-electron chi connectivity index (χ4n) is 1.88. The average Bonchev–Trinajstić information content (AvgIpc) is 2.73. The molecular weight excluding hydrogens is 242 g/mol. The summed E-state index contributed by atoms with van der Waals surface area (Å²) < 4.78 is 0. The summed E-state index contributed by atoms with van der Waals surface area (Å²) in [4.78, 5) is 35.2. The summed E-state index contributed by atoms with van der Waals surface area (Å²) in [6.45, 7) is 3.69. The van der Waals surface area contributed by atoms with E-state index in [2.05, 4.69) is 0 Å². The van der Waals surface area contributed by atoms with Gasteiger partial charge in [-0.15, -0.1) is 0 Å². The van der Waals surface area contributed by atoms with Gasteiger partial charge in [-0.3, -0.25) is 9.59 Å². The number of hydrogen-bond acceptors (Lipinski definition) is 4. The summed E-state index contributed by atoms with van der Waals surface area (Å²) >= 11 is 1.10. The second kappa shape index (κ2) is 6.05. The Kier molecular flexibility index (Phi) is 4.99. The minimum atomic E-state index is -0.942. The SMILES string of the molecule is CC(=O)SC[C@H](C)C(=O)N1CCC[C@@H]1C(=O)O. The van der Waals surface area contributed by atoms with Gasteiger partial charge in [0, 0.05) is 25.1 Å². The summed E-state index contributed by atoms with van der Waals surface area (Å²) in [7, 11) is 0. The lowest BCUT2D eigenvalue weighted by Gasteiger charge is -2.24. The molecule has 0 aliphatic carbocycles. The normalized spacial score (nSPS) is 21.3. The molecule has 6 heteroatoms. The van der Waals surface area contributed by atoms with E-state index in [1.165, 1.54) is 11.8 Å². The van der Waals surface area contributed by atoms with Gasteiger partial charge in [-0.05, 0) is 12.8 Å². The Labute approximate surface area is 105 Å².